The van der Waals surface area contributed by atoms with Crippen molar-refractivity contribution in [2.75, 3.05) is 13.1 Å². The molecule has 2 unspecified atom stereocenters. The Bertz CT molecular complexity index is 218. The number of hydrogen-bond acceptors (Lipinski definition) is 3. The molecule has 0 bridgehead atoms. The van der Waals surface area contributed by atoms with Crippen LogP contribution in [0.5, 0.6) is 0 Å². The summed E-state index contributed by atoms with van der Waals surface area (Å²) in [6.45, 7) is 1.67. The Balaban J connectivity index is 2.22. The molecule has 0 aromatic heterocycles. The molecule has 0 radical (unpaired) electrons. The summed E-state index contributed by atoms with van der Waals surface area (Å²) in [6, 6.07) is -0.130. The first-order valence-electron chi connectivity index (χ1n) is 4.34. The van der Waals surface area contributed by atoms with Crippen LogP contribution in [0.25, 0.3) is 0 Å². The third-order valence-electron chi connectivity index (χ3n) is 3.07. The quantitative estimate of drug-likeness (QED) is 0.567. The van der Waals surface area contributed by atoms with Crippen LogP contribution in [0.15, 0.2) is 0 Å². The molecule has 12 heavy (non-hydrogen) atoms. The highest BCUT2D eigenvalue weighted by atomic mass is 16.4. The van der Waals surface area contributed by atoms with Crippen LogP contribution in [0.4, 0.5) is 0 Å². The topological polar surface area (TPSA) is 60.8 Å². The molecule has 0 aromatic rings. The van der Waals surface area contributed by atoms with Crippen LogP contribution in [0, 0.1) is 0 Å². The van der Waals surface area contributed by atoms with E-state index in [4.69, 9.17) is 5.11 Å². The summed E-state index contributed by atoms with van der Waals surface area (Å²) in [4.78, 5) is 12.9. The molecule has 2 rings (SSSR count). The number of rotatable bonds is 1. The summed E-state index contributed by atoms with van der Waals surface area (Å²) in [5, 5.41) is 18.6. The van der Waals surface area contributed by atoms with Gasteiger partial charge in [0.25, 0.3) is 0 Å². The monoisotopic (exact) mass is 171 g/mol. The standard InChI is InChI=1S/C8H13NO3/c10-7(11)8(12)3-5-9-4-1-2-6(8)9/h6,12H,1-5H2,(H,10,11). The first-order chi connectivity index (χ1) is 5.64. The Hall–Kier alpha value is -0.610. The molecule has 2 aliphatic rings. The number of fused-ring (bicyclic) bond motifs is 1. The van der Waals surface area contributed by atoms with E-state index >= 15 is 0 Å². The van der Waals surface area contributed by atoms with Crippen molar-refractivity contribution in [2.45, 2.75) is 30.9 Å². The normalized spacial score (nSPS) is 41.6. The van der Waals surface area contributed by atoms with E-state index in [0.29, 0.717) is 6.42 Å². The third-order valence-corrected chi connectivity index (χ3v) is 3.07. The lowest BCUT2D eigenvalue weighted by Crippen LogP contribution is -2.47. The molecular weight excluding hydrogens is 158 g/mol. The van der Waals surface area contributed by atoms with Gasteiger partial charge < -0.3 is 10.2 Å². The van der Waals surface area contributed by atoms with E-state index in [9.17, 15) is 9.90 Å². The zero-order valence-corrected chi connectivity index (χ0v) is 6.86. The number of carboxylic acids is 1. The van der Waals surface area contributed by atoms with Crippen molar-refractivity contribution in [2.24, 2.45) is 0 Å². The minimum absolute atomic E-state index is 0.130. The molecule has 2 saturated heterocycles. The van der Waals surface area contributed by atoms with E-state index in [-0.39, 0.29) is 6.04 Å². The maximum Gasteiger partial charge on any atom is 0.337 e. The average Bonchev–Trinajstić information content (AvgIpc) is 2.54. The fraction of sp³-hybridized carbons (Fsp3) is 0.875. The zero-order valence-electron chi connectivity index (χ0n) is 6.86. The third kappa shape index (κ3) is 0.881. The average molecular weight is 171 g/mol. The second kappa shape index (κ2) is 2.44. The lowest BCUT2D eigenvalue weighted by Gasteiger charge is -2.24. The smallest absolute Gasteiger partial charge is 0.337 e. The molecule has 0 saturated carbocycles. The van der Waals surface area contributed by atoms with Gasteiger partial charge in [0, 0.05) is 19.0 Å². The molecule has 2 N–H and O–H groups in total. The van der Waals surface area contributed by atoms with Gasteiger partial charge in [0.05, 0.1) is 0 Å². The maximum absolute atomic E-state index is 10.8. The van der Waals surface area contributed by atoms with Crippen LogP contribution < -0.4 is 0 Å². The van der Waals surface area contributed by atoms with Gasteiger partial charge in [-0.25, -0.2) is 4.79 Å². The summed E-state index contributed by atoms with van der Waals surface area (Å²) in [5.41, 5.74) is -1.46. The van der Waals surface area contributed by atoms with E-state index in [2.05, 4.69) is 4.90 Å². The fourth-order valence-corrected chi connectivity index (χ4v) is 2.36. The molecule has 2 fully saturated rings. The van der Waals surface area contributed by atoms with Gasteiger partial charge in [0.2, 0.25) is 0 Å². The van der Waals surface area contributed by atoms with Crippen molar-refractivity contribution >= 4 is 5.97 Å². The molecule has 0 spiro atoms. The predicted molar refractivity (Wildman–Crippen MR) is 41.8 cm³/mol. The van der Waals surface area contributed by atoms with Crippen LogP contribution in [0.1, 0.15) is 19.3 Å². The van der Waals surface area contributed by atoms with E-state index in [1.54, 1.807) is 0 Å². The number of carboxylic acid groups (broad SMARTS) is 1. The lowest BCUT2D eigenvalue weighted by atomic mass is 9.93. The second-order valence-electron chi connectivity index (χ2n) is 3.67. The maximum atomic E-state index is 10.8. The molecule has 2 atom stereocenters. The van der Waals surface area contributed by atoms with Gasteiger partial charge in [-0.15, -0.1) is 0 Å². The largest absolute Gasteiger partial charge is 0.479 e. The Kier molecular flexibility index (Phi) is 1.63. The highest BCUT2D eigenvalue weighted by Gasteiger charge is 2.53. The number of aliphatic carboxylic acids is 1. The van der Waals surface area contributed by atoms with Crippen LogP contribution in [0.3, 0.4) is 0 Å². The molecule has 4 heteroatoms. The highest BCUT2D eigenvalue weighted by Crippen LogP contribution is 2.35. The van der Waals surface area contributed by atoms with Crippen molar-refractivity contribution in [3.8, 4) is 0 Å². The Labute approximate surface area is 70.8 Å². The minimum atomic E-state index is -1.46. The lowest BCUT2D eigenvalue weighted by molar-refractivity contribution is -0.160. The minimum Gasteiger partial charge on any atom is -0.479 e. The van der Waals surface area contributed by atoms with Crippen molar-refractivity contribution in [3.05, 3.63) is 0 Å². The van der Waals surface area contributed by atoms with Gasteiger partial charge in [-0.3, -0.25) is 4.90 Å². The van der Waals surface area contributed by atoms with Crippen molar-refractivity contribution in [1.82, 2.24) is 4.90 Å². The number of carbonyl (C=O) groups is 1. The first-order valence-corrected chi connectivity index (χ1v) is 4.34. The summed E-state index contributed by atoms with van der Waals surface area (Å²) in [7, 11) is 0. The van der Waals surface area contributed by atoms with Gasteiger partial charge in [0.1, 0.15) is 0 Å². The SMILES string of the molecule is O=C(O)C1(O)CCN2CCCC21. The van der Waals surface area contributed by atoms with Crippen LogP contribution in [-0.4, -0.2) is 45.8 Å². The molecule has 4 nitrogen and oxygen atoms in total. The Morgan fingerprint density at radius 1 is 1.50 bits per heavy atom. The number of hydrogen-bond donors (Lipinski definition) is 2. The predicted octanol–water partition coefficient (Wildman–Crippen LogP) is -0.330. The molecule has 0 amide bonds. The van der Waals surface area contributed by atoms with E-state index < -0.39 is 11.6 Å². The van der Waals surface area contributed by atoms with E-state index in [0.717, 1.165) is 25.9 Å². The summed E-state index contributed by atoms with van der Waals surface area (Å²) >= 11 is 0. The molecular formula is C8H13NO3. The van der Waals surface area contributed by atoms with Gasteiger partial charge in [-0.1, -0.05) is 0 Å². The van der Waals surface area contributed by atoms with Crippen molar-refractivity contribution < 1.29 is 15.0 Å². The van der Waals surface area contributed by atoms with Crippen LogP contribution in [0.2, 0.25) is 0 Å². The summed E-state index contributed by atoms with van der Waals surface area (Å²) in [6.07, 6.45) is 2.22. The zero-order chi connectivity index (χ0) is 8.77. The molecule has 0 aromatic carbocycles. The molecule has 2 aliphatic heterocycles. The fourth-order valence-electron chi connectivity index (χ4n) is 2.36. The van der Waals surface area contributed by atoms with Crippen molar-refractivity contribution in [1.29, 1.82) is 0 Å². The number of nitrogens with zero attached hydrogens (tertiary/aromatic N) is 1. The molecule has 0 aliphatic carbocycles. The van der Waals surface area contributed by atoms with Gasteiger partial charge in [0.15, 0.2) is 5.60 Å². The highest BCUT2D eigenvalue weighted by molar-refractivity contribution is 5.78. The Morgan fingerprint density at radius 2 is 2.25 bits per heavy atom. The van der Waals surface area contributed by atoms with Gasteiger partial charge >= 0.3 is 5.97 Å². The first kappa shape index (κ1) is 8.01. The van der Waals surface area contributed by atoms with Crippen LogP contribution >= 0.6 is 0 Å². The summed E-state index contributed by atoms with van der Waals surface area (Å²) in [5.74, 6) is -1.06. The number of aliphatic hydroxyl groups is 1. The molecule has 68 valence electrons. The van der Waals surface area contributed by atoms with Gasteiger partial charge in [-0.2, -0.15) is 0 Å². The summed E-state index contributed by atoms with van der Waals surface area (Å²) < 4.78 is 0. The molecule has 2 heterocycles. The van der Waals surface area contributed by atoms with Crippen molar-refractivity contribution in [3.63, 3.8) is 0 Å². The van der Waals surface area contributed by atoms with E-state index in [1.165, 1.54) is 0 Å². The Morgan fingerprint density at radius 3 is 2.92 bits per heavy atom. The van der Waals surface area contributed by atoms with E-state index in [1.807, 2.05) is 0 Å². The second-order valence-corrected chi connectivity index (χ2v) is 3.67. The van der Waals surface area contributed by atoms with Crippen LogP contribution in [-0.2, 0) is 4.79 Å². The van der Waals surface area contributed by atoms with Gasteiger partial charge in [-0.05, 0) is 19.4 Å².